The van der Waals surface area contributed by atoms with Crippen molar-refractivity contribution in [1.82, 2.24) is 47.4 Å². The summed E-state index contributed by atoms with van der Waals surface area (Å²) in [5, 5.41) is 20.7. The monoisotopic (exact) mass is 1290 g/mol. The zero-order chi connectivity index (χ0) is 67.4. The van der Waals surface area contributed by atoms with Gasteiger partial charge in [0.2, 0.25) is 70.1 Å². The molecule has 26 heteroatoms. The molecule has 0 spiro atoms. The molecule has 1 aliphatic heterocycles. The molecule has 0 aromatic heterocycles. The summed E-state index contributed by atoms with van der Waals surface area (Å²) < 4.78 is 0. The molecule has 1 saturated heterocycles. The summed E-state index contributed by atoms with van der Waals surface area (Å²) in [6.45, 7) is 7.43. The molecule has 0 radical (unpaired) electrons. The van der Waals surface area contributed by atoms with E-state index in [1.807, 2.05) is 44.2 Å². The maximum absolute atomic E-state index is 14.7. The molecule has 0 aliphatic carbocycles. The van der Waals surface area contributed by atoms with E-state index in [0.717, 1.165) is 5.56 Å². The predicted molar refractivity (Wildman–Crippen MR) is 348 cm³/mol. The van der Waals surface area contributed by atoms with E-state index in [9.17, 15) is 57.5 Å². The van der Waals surface area contributed by atoms with Crippen LogP contribution in [0.4, 0.5) is 0 Å². The van der Waals surface area contributed by atoms with Gasteiger partial charge in [-0.1, -0.05) is 149 Å². The van der Waals surface area contributed by atoms with Crippen molar-refractivity contribution < 1.29 is 57.5 Å². The van der Waals surface area contributed by atoms with Gasteiger partial charge in [0.15, 0.2) is 0 Å². The first-order valence-corrected chi connectivity index (χ1v) is 31.4. The smallest absolute Gasteiger partial charge is 0.243 e. The Bertz CT molecular complexity index is 3150. The second kappa shape index (κ2) is 37.4. The van der Waals surface area contributed by atoms with E-state index in [0.29, 0.717) is 29.5 Å². The van der Waals surface area contributed by atoms with Gasteiger partial charge in [0.25, 0.3) is 0 Å². The van der Waals surface area contributed by atoms with Crippen LogP contribution in [0, 0.1) is 11.8 Å². The van der Waals surface area contributed by atoms with Crippen molar-refractivity contribution in [3.63, 3.8) is 0 Å². The zero-order valence-electron chi connectivity index (χ0n) is 52.5. The summed E-state index contributed by atoms with van der Waals surface area (Å²) in [4.78, 5) is 168. The molecule has 25 nitrogen and oxygen atoms in total. The molecule has 0 bridgehead atoms. The highest BCUT2D eigenvalue weighted by atomic mass is 32.1. The standard InChI is InChI=1S/C66H89N13O12S/c1-39(2)33-52(66(91)92)77-57(82)46(27-17-31-67)72-64(89)56(40(3)4)78-62(87)50(37-44-25-15-8-16-26-44)73-58(83)47(29-30-54(69)80)71-61(86)51(38-55(70)81)75-59(84)48(35-42-21-11-6-12-22-42)74-60(85)49(36-43-23-13-7-14-24-43)76-63(88)53-28-18-32-79(53)65(90)45(68)34-41-19-9-5-10-20-41/h5-16,19-26,39-40,45-53,56H,17-18,27-38,67-68H2,1-4H3,(H2,69,80)(H2,70,81)(H,71,86)(H,72,89)(H,73,83)(H,74,85)(H,75,84)(H,76,88)(H,77,82)(H,78,87)(H,91,92)/t45-,46+,47+,48-,49+,50+,51+,52+,53+,56+/m1/s1. The van der Waals surface area contributed by atoms with Crippen LogP contribution in [0.1, 0.15) is 101 Å². The number of nitrogens with one attached hydrogen (secondary N) is 8. The normalized spacial score (nSPS) is 15.8. The maximum atomic E-state index is 14.7. The van der Waals surface area contributed by atoms with Gasteiger partial charge >= 0.3 is 0 Å². The van der Waals surface area contributed by atoms with Crippen molar-refractivity contribution in [3.05, 3.63) is 144 Å². The van der Waals surface area contributed by atoms with Crippen molar-refractivity contribution in [1.29, 1.82) is 0 Å². The molecule has 4 aromatic rings. The van der Waals surface area contributed by atoms with Crippen molar-refractivity contribution in [3.8, 4) is 0 Å². The molecule has 11 amide bonds. The summed E-state index contributed by atoms with van der Waals surface area (Å²) in [6, 6.07) is 21.7. The molecule has 0 saturated carbocycles. The minimum Gasteiger partial charge on any atom is -0.370 e. The van der Waals surface area contributed by atoms with Gasteiger partial charge in [-0.05, 0) is 85.6 Å². The first kappa shape index (κ1) is 73.7. The first-order chi connectivity index (χ1) is 43.8. The van der Waals surface area contributed by atoms with Crippen molar-refractivity contribution in [2.75, 3.05) is 13.1 Å². The third-order valence-electron chi connectivity index (χ3n) is 15.5. The van der Waals surface area contributed by atoms with Crippen LogP contribution in [0.15, 0.2) is 121 Å². The topological polar surface area (TPSA) is 408 Å². The third kappa shape index (κ3) is 24.3. The van der Waals surface area contributed by atoms with E-state index in [4.69, 9.17) is 22.9 Å². The molecule has 5 rings (SSSR count). The van der Waals surface area contributed by atoms with E-state index in [1.165, 1.54) is 4.90 Å². The number of carbonyl (C=O) groups is 12. The molecule has 10 atom stereocenters. The van der Waals surface area contributed by atoms with Crippen molar-refractivity contribution in [2.24, 2.45) is 34.8 Å². The lowest BCUT2D eigenvalue weighted by atomic mass is 9.99. The number of hydrogen-bond acceptors (Lipinski definition) is 14. The Kier molecular flexibility index (Phi) is 29.9. The first-order valence-electron chi connectivity index (χ1n) is 31.0. The Balaban J connectivity index is 1.39. The van der Waals surface area contributed by atoms with Crippen molar-refractivity contribution in [2.45, 2.75) is 165 Å². The Morgan fingerprint density at radius 2 is 0.880 bits per heavy atom. The van der Waals surface area contributed by atoms with E-state index < -0.39 is 156 Å². The van der Waals surface area contributed by atoms with Crippen LogP contribution in [-0.4, -0.2) is 149 Å². The minimum absolute atomic E-state index is 0.00871. The molecule has 1 fully saturated rings. The van der Waals surface area contributed by atoms with Crippen LogP contribution in [0.3, 0.4) is 0 Å². The second-order valence-electron chi connectivity index (χ2n) is 23.8. The number of nitrogens with two attached hydrogens (primary N) is 4. The molecule has 16 N–H and O–H groups in total. The van der Waals surface area contributed by atoms with Crippen LogP contribution >= 0.6 is 12.6 Å². The molecular formula is C66H89N13O12S. The predicted octanol–water partition coefficient (Wildman–Crippen LogP) is 0.192. The maximum Gasteiger partial charge on any atom is 0.243 e. The Hall–Kier alpha value is -9.01. The van der Waals surface area contributed by atoms with E-state index >= 15 is 0 Å². The van der Waals surface area contributed by atoms with E-state index in [2.05, 4.69) is 55.2 Å². The fourth-order valence-electron chi connectivity index (χ4n) is 10.6. The molecule has 1 heterocycles. The SMILES string of the molecule is CC(C)C[C@H](NC(=O)[C@H](CCCN)NC(=O)[C@@H](NC(=O)[C@H](Cc1ccccc1)NC(=O)[C@H](CCC(N)=O)NC(=O)[C@H](CC(N)=O)NC(=O)[C@@H](Cc1ccccc1)NC(=O)[C@H](Cc1ccccc1)NC(=O)[C@@H]1CCCN1C(=O)[C@H](N)Cc1ccccc1)C(C)C)C(=O)S. The van der Waals surface area contributed by atoms with Crippen LogP contribution in [0.5, 0.6) is 0 Å². The molecule has 92 heavy (non-hydrogen) atoms. The molecule has 496 valence electrons. The average Bonchev–Trinajstić information content (AvgIpc) is 1.66. The van der Waals surface area contributed by atoms with Gasteiger partial charge in [0, 0.05) is 32.2 Å². The van der Waals surface area contributed by atoms with Gasteiger partial charge in [0.05, 0.1) is 18.5 Å². The lowest BCUT2D eigenvalue weighted by Crippen LogP contribution is -2.61. The Morgan fingerprint density at radius 1 is 0.489 bits per heavy atom. The zero-order valence-corrected chi connectivity index (χ0v) is 53.4. The minimum atomic E-state index is -1.83. The third-order valence-corrected chi connectivity index (χ3v) is 15.8. The number of amides is 11. The number of thiol groups is 1. The average molecular weight is 1290 g/mol. The van der Waals surface area contributed by atoms with Crippen molar-refractivity contribution >= 4 is 82.7 Å². The molecule has 4 aromatic carbocycles. The number of primary amides is 2. The van der Waals surface area contributed by atoms with E-state index in [1.54, 1.807) is 105 Å². The number of benzene rings is 4. The van der Waals surface area contributed by atoms with Crippen LogP contribution in [0.2, 0.25) is 0 Å². The number of carbonyl (C=O) groups excluding carboxylic acids is 12. The molecular weight excluding hydrogens is 1200 g/mol. The number of rotatable bonds is 37. The van der Waals surface area contributed by atoms with E-state index in [-0.39, 0.29) is 64.0 Å². The highest BCUT2D eigenvalue weighted by molar-refractivity contribution is 7.96. The fraction of sp³-hybridized carbons (Fsp3) is 0.455. The van der Waals surface area contributed by atoms with Crippen LogP contribution < -0.4 is 65.5 Å². The van der Waals surface area contributed by atoms with Gasteiger partial charge < -0.3 is 70.4 Å². The van der Waals surface area contributed by atoms with Gasteiger partial charge in [0.1, 0.15) is 48.3 Å². The number of nitrogens with zero attached hydrogens (tertiary/aromatic N) is 1. The molecule has 1 aliphatic rings. The largest absolute Gasteiger partial charge is 0.370 e. The Labute approximate surface area is 542 Å². The van der Waals surface area contributed by atoms with Gasteiger partial charge in [-0.2, -0.15) is 0 Å². The van der Waals surface area contributed by atoms with Crippen LogP contribution in [0.25, 0.3) is 0 Å². The summed E-state index contributed by atoms with van der Waals surface area (Å²) >= 11 is 3.95. The molecule has 0 unspecified atom stereocenters. The van der Waals surface area contributed by atoms with Gasteiger partial charge in [-0.25, -0.2) is 0 Å². The second-order valence-corrected chi connectivity index (χ2v) is 24.2. The van der Waals surface area contributed by atoms with Gasteiger partial charge in [-0.15, -0.1) is 12.6 Å². The summed E-state index contributed by atoms with van der Waals surface area (Å²) in [5.74, 6) is -9.93. The Morgan fingerprint density at radius 3 is 1.32 bits per heavy atom. The van der Waals surface area contributed by atoms with Gasteiger partial charge in [-0.3, -0.25) is 57.5 Å². The summed E-state index contributed by atoms with van der Waals surface area (Å²) in [6.07, 6.45) is -0.542. The quantitative estimate of drug-likeness (QED) is 0.0268. The highest BCUT2D eigenvalue weighted by Gasteiger charge is 2.40. The highest BCUT2D eigenvalue weighted by Crippen LogP contribution is 2.21. The lowest BCUT2D eigenvalue weighted by molar-refractivity contribution is -0.140. The number of likely N-dealkylation sites (tertiary alicyclic amines) is 1. The summed E-state index contributed by atoms with van der Waals surface area (Å²) in [5.41, 5.74) is 26.0. The van der Waals surface area contributed by atoms with Crippen LogP contribution in [-0.2, 0) is 83.2 Å². The number of hydrogen-bond donors (Lipinski definition) is 13. The fourth-order valence-corrected chi connectivity index (χ4v) is 10.7. The summed E-state index contributed by atoms with van der Waals surface area (Å²) in [7, 11) is 0. The lowest BCUT2D eigenvalue weighted by Gasteiger charge is -2.29.